The highest BCUT2D eigenvalue weighted by Crippen LogP contribution is 2.55. The Morgan fingerprint density at radius 1 is 0.396 bits per heavy atom. The lowest BCUT2D eigenvalue weighted by atomic mass is 9.75. The maximum atomic E-state index is 13.1. The van der Waals surface area contributed by atoms with E-state index in [1.807, 2.05) is 121 Å². The summed E-state index contributed by atoms with van der Waals surface area (Å²) in [6.07, 6.45) is 0. The third-order valence-corrected chi connectivity index (χ3v) is 10.6. The van der Waals surface area contributed by atoms with E-state index >= 15 is 0 Å². The summed E-state index contributed by atoms with van der Waals surface area (Å²) in [5, 5.41) is 16.9. The van der Waals surface area contributed by atoms with Gasteiger partial charge in [0.05, 0.1) is 7.11 Å². The predicted molar refractivity (Wildman–Crippen MR) is 215 cm³/mol. The molecule has 0 atom stereocenters. The van der Waals surface area contributed by atoms with E-state index < -0.39 is 11.2 Å². The van der Waals surface area contributed by atoms with E-state index in [1.165, 1.54) is 0 Å². The number of phenolic OH excluding ortho intramolecular Hbond substituents is 1. The molecule has 8 aromatic rings. The topological polar surface area (TPSA) is 47.9 Å². The summed E-state index contributed by atoms with van der Waals surface area (Å²) < 4.78 is 20.0. The fourth-order valence-corrected chi connectivity index (χ4v) is 8.25. The normalized spacial score (nSPS) is 11.9. The van der Waals surface area contributed by atoms with Crippen molar-refractivity contribution in [1.29, 1.82) is 0 Å². The van der Waals surface area contributed by atoms with Gasteiger partial charge < -0.3 is 19.3 Å². The standard InChI is InChI=1S/C49H40O4/c1-51-47-43(49(53-3,38-26-12-6-13-27-38)39-28-14-7-15-29-39)33-35-21-17-19-31-41(35)45(47)44-40-30-18-16-20-34(40)32-42(46(44)50)48(52-2,36-22-8-4-9-23-36)37-24-10-5-11-25-37/h4-33,50H,1-3H3. The molecule has 4 heteroatoms. The Labute approximate surface area is 310 Å². The van der Waals surface area contributed by atoms with Crippen molar-refractivity contribution in [2.45, 2.75) is 11.2 Å². The Hall–Kier alpha value is -6.20. The monoisotopic (exact) mass is 692 g/mol. The van der Waals surface area contributed by atoms with Gasteiger partial charge in [-0.1, -0.05) is 170 Å². The Balaban J connectivity index is 1.56. The Kier molecular flexibility index (Phi) is 9.01. The lowest BCUT2D eigenvalue weighted by Crippen LogP contribution is -2.32. The minimum absolute atomic E-state index is 0.0984. The molecule has 0 aliphatic rings. The highest BCUT2D eigenvalue weighted by Gasteiger charge is 2.43. The van der Waals surface area contributed by atoms with Crippen molar-refractivity contribution in [2.75, 3.05) is 21.3 Å². The Morgan fingerprint density at radius 2 is 0.736 bits per heavy atom. The van der Waals surface area contributed by atoms with Crippen molar-refractivity contribution in [3.63, 3.8) is 0 Å². The number of methoxy groups -OCH3 is 3. The smallest absolute Gasteiger partial charge is 0.146 e. The Bertz CT molecular complexity index is 2430. The second kappa shape index (κ2) is 14.1. The van der Waals surface area contributed by atoms with Gasteiger partial charge in [0, 0.05) is 36.5 Å². The number of hydrogen-bond donors (Lipinski definition) is 1. The van der Waals surface area contributed by atoms with Crippen LogP contribution in [0.15, 0.2) is 182 Å². The lowest BCUT2D eigenvalue weighted by Gasteiger charge is -2.37. The fourth-order valence-electron chi connectivity index (χ4n) is 8.25. The molecule has 0 bridgehead atoms. The zero-order valence-electron chi connectivity index (χ0n) is 30.0. The minimum Gasteiger partial charge on any atom is -0.507 e. The van der Waals surface area contributed by atoms with Crippen molar-refractivity contribution in [2.24, 2.45) is 0 Å². The first kappa shape index (κ1) is 33.9. The summed E-state index contributed by atoms with van der Waals surface area (Å²) >= 11 is 0. The van der Waals surface area contributed by atoms with Crippen LogP contribution < -0.4 is 4.74 Å². The average molecular weight is 693 g/mol. The molecule has 8 aromatic carbocycles. The third-order valence-electron chi connectivity index (χ3n) is 10.6. The number of phenols is 1. The maximum Gasteiger partial charge on any atom is 0.146 e. The summed E-state index contributed by atoms with van der Waals surface area (Å²) in [6, 6.07) is 61.3. The molecule has 0 aromatic heterocycles. The zero-order valence-corrected chi connectivity index (χ0v) is 30.0. The van der Waals surface area contributed by atoms with Crippen molar-refractivity contribution in [3.8, 4) is 22.6 Å². The minimum atomic E-state index is -1.16. The van der Waals surface area contributed by atoms with Gasteiger partial charge in [0.2, 0.25) is 0 Å². The molecule has 8 rings (SSSR count). The number of benzene rings is 8. The summed E-state index contributed by atoms with van der Waals surface area (Å²) in [6.45, 7) is 0. The van der Waals surface area contributed by atoms with Crippen LogP contribution in [0.5, 0.6) is 11.5 Å². The second-order valence-electron chi connectivity index (χ2n) is 13.2. The average Bonchev–Trinajstić information content (AvgIpc) is 3.23. The summed E-state index contributed by atoms with van der Waals surface area (Å²) in [7, 11) is 5.15. The van der Waals surface area contributed by atoms with Crippen molar-refractivity contribution >= 4 is 21.5 Å². The lowest BCUT2D eigenvalue weighted by molar-refractivity contribution is 0.0562. The molecule has 0 aliphatic carbocycles. The van der Waals surface area contributed by atoms with E-state index in [1.54, 1.807) is 21.3 Å². The van der Waals surface area contributed by atoms with Crippen molar-refractivity contribution < 1.29 is 19.3 Å². The first-order valence-electron chi connectivity index (χ1n) is 17.8. The van der Waals surface area contributed by atoms with Gasteiger partial charge in [-0.3, -0.25) is 0 Å². The summed E-state index contributed by atoms with van der Waals surface area (Å²) in [4.78, 5) is 0. The van der Waals surface area contributed by atoms with Crippen LogP contribution >= 0.6 is 0 Å². The van der Waals surface area contributed by atoms with Crippen LogP contribution in [0.2, 0.25) is 0 Å². The van der Waals surface area contributed by atoms with Crippen LogP contribution in [-0.4, -0.2) is 26.4 Å². The largest absolute Gasteiger partial charge is 0.507 e. The van der Waals surface area contributed by atoms with Gasteiger partial charge >= 0.3 is 0 Å². The molecule has 0 saturated carbocycles. The van der Waals surface area contributed by atoms with E-state index in [0.717, 1.165) is 54.9 Å². The van der Waals surface area contributed by atoms with E-state index in [4.69, 9.17) is 14.2 Å². The zero-order chi connectivity index (χ0) is 36.4. The molecule has 0 amide bonds. The fraction of sp³-hybridized carbons (Fsp3) is 0.102. The van der Waals surface area contributed by atoms with Crippen LogP contribution in [0.3, 0.4) is 0 Å². The molecule has 0 fully saturated rings. The summed E-state index contributed by atoms with van der Waals surface area (Å²) in [5.74, 6) is 0.694. The molecular weight excluding hydrogens is 653 g/mol. The molecule has 260 valence electrons. The van der Waals surface area contributed by atoms with Crippen LogP contribution in [0.1, 0.15) is 33.4 Å². The quantitative estimate of drug-likeness (QED) is 0.145. The van der Waals surface area contributed by atoms with E-state index in [0.29, 0.717) is 16.9 Å². The predicted octanol–water partition coefficient (Wildman–Crippen LogP) is 11.3. The van der Waals surface area contributed by atoms with Gasteiger partial charge in [-0.25, -0.2) is 0 Å². The Morgan fingerprint density at radius 3 is 1.13 bits per heavy atom. The van der Waals surface area contributed by atoms with Gasteiger partial charge in [0.1, 0.15) is 22.7 Å². The third kappa shape index (κ3) is 5.38. The molecule has 53 heavy (non-hydrogen) atoms. The first-order chi connectivity index (χ1) is 26.1. The first-order valence-corrected chi connectivity index (χ1v) is 17.8. The molecule has 1 N–H and O–H groups in total. The number of ether oxygens (including phenoxy) is 3. The molecule has 0 unspecified atom stereocenters. The van der Waals surface area contributed by atoms with E-state index in [9.17, 15) is 5.11 Å². The van der Waals surface area contributed by atoms with Gasteiger partial charge in [0.15, 0.2) is 0 Å². The highest BCUT2D eigenvalue weighted by molar-refractivity contribution is 6.11. The van der Waals surface area contributed by atoms with Gasteiger partial charge in [-0.2, -0.15) is 0 Å². The molecule has 0 heterocycles. The summed E-state index contributed by atoms with van der Waals surface area (Å²) in [5.41, 5.74) is 4.28. The van der Waals surface area contributed by atoms with E-state index in [-0.39, 0.29) is 5.75 Å². The van der Waals surface area contributed by atoms with Crippen LogP contribution in [0, 0.1) is 0 Å². The SMILES string of the molecule is COc1c(C(OC)(c2ccccc2)c2ccccc2)cc2ccccc2c1-c1c(O)c(C(OC)(c2ccccc2)c2ccccc2)cc2ccccc12. The van der Waals surface area contributed by atoms with Crippen molar-refractivity contribution in [3.05, 3.63) is 215 Å². The molecule has 0 saturated heterocycles. The van der Waals surface area contributed by atoms with E-state index in [2.05, 4.69) is 60.7 Å². The number of fused-ring (bicyclic) bond motifs is 2. The van der Waals surface area contributed by atoms with Gasteiger partial charge in [-0.05, 0) is 55.9 Å². The van der Waals surface area contributed by atoms with Crippen LogP contribution in [0.4, 0.5) is 0 Å². The van der Waals surface area contributed by atoms with Gasteiger partial charge in [0.25, 0.3) is 0 Å². The number of hydrogen-bond acceptors (Lipinski definition) is 4. The number of aromatic hydroxyl groups is 1. The molecule has 0 aliphatic heterocycles. The molecule has 0 radical (unpaired) electrons. The maximum absolute atomic E-state index is 13.1. The molecular formula is C49H40O4. The van der Waals surface area contributed by atoms with Crippen LogP contribution in [0.25, 0.3) is 32.7 Å². The molecule has 4 nitrogen and oxygen atoms in total. The molecule has 0 spiro atoms. The second-order valence-corrected chi connectivity index (χ2v) is 13.2. The highest BCUT2D eigenvalue weighted by atomic mass is 16.5. The van der Waals surface area contributed by atoms with Gasteiger partial charge in [-0.15, -0.1) is 0 Å². The van der Waals surface area contributed by atoms with Crippen LogP contribution in [-0.2, 0) is 20.7 Å². The number of rotatable bonds is 10. The van der Waals surface area contributed by atoms with Crippen molar-refractivity contribution in [1.82, 2.24) is 0 Å².